The fourth-order valence-electron chi connectivity index (χ4n) is 9.31. The molecule has 0 spiro atoms. The minimum Gasteiger partial charge on any atom is -0.336 e. The van der Waals surface area contributed by atoms with E-state index in [0.717, 1.165) is 96.1 Å². The number of thioether (sulfide) groups is 2. The van der Waals surface area contributed by atoms with Gasteiger partial charge in [0.2, 0.25) is 11.8 Å². The van der Waals surface area contributed by atoms with Crippen molar-refractivity contribution in [2.24, 2.45) is 5.89 Å². The van der Waals surface area contributed by atoms with Crippen LogP contribution >= 0.6 is 23.5 Å². The SMILES string of the molecule is [2H]C([2H])(c1ccc(-c2ccc(C(F)(F)F)cc2)cc1)N(C(=O)C([2H])([2H])n1c(SCc2ccc(F)cc2)nc(=O)c2c1C([2H])([2H])C([2H])(C)C2([2H])[2H])C([2H])([2H])C([2H])([2H])N(CC)CC.[2H]c1c([2H])c(C([2H])([2H])N(C(=O)C([2H])([2H])n2c(SCc3ccc(F)cc3)nc(=O)c3c2CCC3)C([2H])([2H])C([2H])([2H])N(CC)CC)c([2H])c([2H])c1-c1c([2H])c([2H])c(C(F)(F)F)c(C)c1[2H]. The Morgan fingerprint density at radius 3 is 1.52 bits per heavy atom. The molecule has 508 valence electrons. The van der Waals surface area contributed by atoms with Gasteiger partial charge in [-0.3, -0.25) is 19.2 Å². The topological polar surface area (TPSA) is 117 Å². The molecule has 0 radical (unpaired) electrons. The van der Waals surface area contributed by atoms with Gasteiger partial charge in [0, 0.05) is 85.3 Å². The monoisotopic (exact) mass is 1390 g/mol. The first-order chi connectivity index (χ1) is 56.8. The molecule has 6 aromatic carbocycles. The average Bonchev–Trinajstić information content (AvgIpc) is 1.46. The first kappa shape index (κ1) is 43.4. The van der Waals surface area contributed by atoms with E-state index >= 15 is 9.59 Å². The molecular formula is C74H80F8N8O4S2. The molecule has 0 bridgehead atoms. The number of benzene rings is 6. The van der Waals surface area contributed by atoms with Gasteiger partial charge in [-0.25, -0.2) is 8.78 Å². The highest BCUT2D eigenvalue weighted by Crippen LogP contribution is 2.36. The Hall–Kier alpha value is -7.92. The molecular weight excluding hydrogens is 1280 g/mol. The summed E-state index contributed by atoms with van der Waals surface area (Å²) in [6, 6.07) is 8.98. The van der Waals surface area contributed by atoms with E-state index in [2.05, 4.69) is 9.97 Å². The first-order valence-corrected chi connectivity index (χ1v) is 31.6. The van der Waals surface area contributed by atoms with Gasteiger partial charge in [0.15, 0.2) is 10.3 Å². The van der Waals surface area contributed by atoms with Crippen LogP contribution in [0.25, 0.3) is 22.3 Å². The number of nitrogens with zero attached hydrogens (tertiary/aromatic N) is 8. The van der Waals surface area contributed by atoms with Crippen LogP contribution in [0.2, 0.25) is 0 Å². The number of likely N-dealkylation sites (N-methyl/N-ethyl adjacent to an activating group) is 2. The van der Waals surface area contributed by atoms with Gasteiger partial charge in [0.25, 0.3) is 11.1 Å². The van der Waals surface area contributed by atoms with Gasteiger partial charge in [0.05, 0.1) is 37.2 Å². The zero-order valence-electron chi connectivity index (χ0n) is 80.2. The number of halogens is 8. The van der Waals surface area contributed by atoms with Crippen LogP contribution in [0.4, 0.5) is 35.1 Å². The fourth-order valence-corrected chi connectivity index (χ4v) is 11.1. The van der Waals surface area contributed by atoms with Crippen molar-refractivity contribution < 1.29 is 83.1 Å². The number of aromatic nitrogens is 4. The summed E-state index contributed by atoms with van der Waals surface area (Å²) in [7, 11) is 0. The van der Waals surface area contributed by atoms with Gasteiger partial charge in [-0.05, 0) is 164 Å². The summed E-state index contributed by atoms with van der Waals surface area (Å²) in [5.74, 6) is -8.75. The smallest absolute Gasteiger partial charge is 0.336 e. The zero-order valence-corrected chi connectivity index (χ0v) is 53.8. The molecule has 22 heteroatoms. The molecule has 0 aliphatic heterocycles. The van der Waals surface area contributed by atoms with Gasteiger partial charge in [-0.1, -0.05) is 155 Å². The van der Waals surface area contributed by atoms with Crippen molar-refractivity contribution in [1.29, 1.82) is 0 Å². The third-order valence-corrected chi connectivity index (χ3v) is 16.4. The van der Waals surface area contributed by atoms with Crippen LogP contribution in [0.5, 0.6) is 0 Å². The fraction of sp³-hybridized carbons (Fsp3) is 0.378. The maximum absolute atomic E-state index is 15.1. The van der Waals surface area contributed by atoms with E-state index in [1.54, 1.807) is 0 Å². The van der Waals surface area contributed by atoms with E-state index in [-0.39, 0.29) is 88.8 Å². The molecule has 0 N–H and O–H groups in total. The van der Waals surface area contributed by atoms with Crippen molar-refractivity contribution in [3.63, 3.8) is 0 Å². The molecule has 2 aliphatic rings. The summed E-state index contributed by atoms with van der Waals surface area (Å²) in [5.41, 5.74) is -10.8. The second-order valence-corrected chi connectivity index (χ2v) is 22.8. The molecule has 96 heavy (non-hydrogen) atoms. The second-order valence-electron chi connectivity index (χ2n) is 20.9. The summed E-state index contributed by atoms with van der Waals surface area (Å²) < 4.78 is 362. The minimum absolute atomic E-state index is 0.0131. The molecule has 0 saturated heterocycles. The van der Waals surface area contributed by atoms with Gasteiger partial charge in [-0.2, -0.15) is 36.3 Å². The lowest BCUT2D eigenvalue weighted by Gasteiger charge is -2.28. The van der Waals surface area contributed by atoms with Crippen molar-refractivity contribution in [2.75, 3.05) is 52.2 Å². The number of hydrogen-bond donors (Lipinski definition) is 0. The largest absolute Gasteiger partial charge is 0.416 e. The van der Waals surface area contributed by atoms with Gasteiger partial charge in [-0.15, -0.1) is 0 Å². The quantitative estimate of drug-likeness (QED) is 0.0295. The number of carbonyl (C=O) groups excluding carboxylic acids is 2. The molecule has 12 nitrogen and oxygen atoms in total. The van der Waals surface area contributed by atoms with Crippen LogP contribution in [0, 0.1) is 24.5 Å². The summed E-state index contributed by atoms with van der Waals surface area (Å²) in [6.07, 6.45) is -16.0. The lowest BCUT2D eigenvalue weighted by molar-refractivity contribution is -0.138. The van der Waals surface area contributed by atoms with Crippen molar-refractivity contribution in [2.45, 2.75) is 134 Å². The van der Waals surface area contributed by atoms with E-state index in [4.69, 9.17) is 21.9 Å². The van der Waals surface area contributed by atoms with Crippen molar-refractivity contribution in [3.05, 3.63) is 233 Å². The van der Waals surface area contributed by atoms with Gasteiger partial charge < -0.3 is 28.7 Å². The Morgan fingerprint density at radius 1 is 0.573 bits per heavy atom. The normalized spacial score (nSPS) is 20.9. The highest BCUT2D eigenvalue weighted by molar-refractivity contribution is 7.98. The van der Waals surface area contributed by atoms with E-state index in [1.807, 2.05) is 0 Å². The molecule has 2 aromatic heterocycles. The third kappa shape index (κ3) is 19.0. The van der Waals surface area contributed by atoms with Crippen LogP contribution in [0.15, 0.2) is 159 Å². The van der Waals surface area contributed by atoms with Crippen LogP contribution in [-0.4, -0.2) is 103 Å². The molecule has 2 amide bonds. The summed E-state index contributed by atoms with van der Waals surface area (Å²) in [6.45, 7) is -23.3. The highest BCUT2D eigenvalue weighted by atomic mass is 32.2. The molecule has 8 aromatic rings. The number of alkyl halides is 6. The Labute approximate surface area is 603 Å². The predicted octanol–water partition coefficient (Wildman–Crippen LogP) is 15.0. The Balaban J connectivity index is 0.000000281. The van der Waals surface area contributed by atoms with Crippen molar-refractivity contribution >= 4 is 35.3 Å². The van der Waals surface area contributed by atoms with Crippen LogP contribution in [0.3, 0.4) is 0 Å². The molecule has 2 aliphatic carbocycles. The van der Waals surface area contributed by atoms with E-state index in [9.17, 15) is 61.2 Å². The summed E-state index contributed by atoms with van der Waals surface area (Å²) >= 11 is 1.23. The summed E-state index contributed by atoms with van der Waals surface area (Å²) in [5, 5.41) is -1.25. The lowest BCUT2D eigenvalue weighted by atomic mass is 9.98. The number of amides is 2. The standard InChI is InChI=1S/2C37H40F4N4O2S/c1-4-43(5-2)18-19-44(22-26-6-10-28(11-7-26)29-12-14-30(15-13-29)37(39,40)41)34(46)23-45-33-21-25(3)20-32(33)35(47)42-36(45)48-24-27-8-16-31(38)17-9-27;1-4-43(5-2)19-20-44(22-26-9-13-28(14-10-26)29-15-18-32(25(3)21-29)37(39,40)41)34(46)23-45-33-8-6-7-31(33)35(47)42-36(45)48-24-27-11-16-30(38)17-12-27/h6-17,25H,4-5,18-24H2,1-3H3;9-18,21H,4-8,19-20,22-24H2,1-3H3/i18D2,19D2,20D2,21D2,22D2,23D2,25D;9D,10D,13D,14D,15D,18D,19D2,20D2,21D,22D2,23D2. The summed E-state index contributed by atoms with van der Waals surface area (Å²) in [4.78, 5) is 65.8. The Bertz CT molecular complexity index is 5490. The number of carbonyl (C=O) groups is 2. The third-order valence-electron chi connectivity index (χ3n) is 14.4. The predicted molar refractivity (Wildman–Crippen MR) is 362 cm³/mol. The van der Waals surface area contributed by atoms with E-state index in [1.165, 1.54) is 64.1 Å². The molecule has 1 unspecified atom stereocenters. The molecule has 1 atom stereocenters. The van der Waals surface area contributed by atoms with Gasteiger partial charge >= 0.3 is 12.4 Å². The van der Waals surface area contributed by atoms with Crippen molar-refractivity contribution in [3.8, 4) is 22.3 Å². The maximum Gasteiger partial charge on any atom is 0.416 e. The molecule has 10 rings (SSSR count). The molecule has 0 fully saturated rings. The molecule has 2 heterocycles. The number of fused-ring (bicyclic) bond motifs is 2. The van der Waals surface area contributed by atoms with Crippen molar-refractivity contribution in [1.82, 2.24) is 38.7 Å². The maximum atomic E-state index is 15.1. The Morgan fingerprint density at radius 2 is 1.03 bits per heavy atom. The van der Waals surface area contributed by atoms with E-state index in [0.29, 0.717) is 27.5 Å². The number of rotatable bonds is 26. The zero-order chi connectivity index (χ0) is 93.8. The van der Waals surface area contributed by atoms with E-state index < -0.39 is 225 Å². The first-order valence-electron chi connectivity index (χ1n) is 43.6. The number of hydrogen-bond acceptors (Lipinski definition) is 10. The van der Waals surface area contributed by atoms with Crippen LogP contribution < -0.4 is 11.1 Å². The minimum atomic E-state index is -5.22. The lowest BCUT2D eigenvalue weighted by Crippen LogP contribution is -2.40. The van der Waals surface area contributed by atoms with Crippen LogP contribution in [-0.2, 0) is 85.0 Å². The highest BCUT2D eigenvalue weighted by Gasteiger charge is 2.34. The average molecular weight is 1390 g/mol. The van der Waals surface area contributed by atoms with Gasteiger partial charge in [0.1, 0.15) is 24.6 Å². The molecule has 0 saturated carbocycles. The van der Waals surface area contributed by atoms with Crippen LogP contribution in [0.1, 0.15) is 141 Å². The second kappa shape index (κ2) is 32.9. The Kier molecular flexibility index (Phi) is 14.9.